The van der Waals surface area contributed by atoms with Crippen LogP contribution in [0.2, 0.25) is 0 Å². The maximum atomic E-state index is 11.9. The van der Waals surface area contributed by atoms with Crippen molar-refractivity contribution >= 4 is 17.2 Å². The molecule has 0 saturated carbocycles. The van der Waals surface area contributed by atoms with Crippen molar-refractivity contribution in [3.63, 3.8) is 0 Å². The zero-order chi connectivity index (χ0) is 13.1. The highest BCUT2D eigenvalue weighted by atomic mass is 32.1. The topological polar surface area (TPSA) is 45.2 Å². The summed E-state index contributed by atoms with van der Waals surface area (Å²) in [6.45, 7) is 8.42. The Labute approximate surface area is 112 Å². The van der Waals surface area contributed by atoms with Crippen LogP contribution in [0.3, 0.4) is 0 Å². The SMILES string of the molecule is Cc1nc(C)c(C(C)NCC(=O)N2CCCC2)s1. The third kappa shape index (κ3) is 3.09. The van der Waals surface area contributed by atoms with E-state index in [1.807, 2.05) is 18.7 Å². The van der Waals surface area contributed by atoms with Gasteiger partial charge in [-0.1, -0.05) is 0 Å². The van der Waals surface area contributed by atoms with Crippen LogP contribution >= 0.6 is 11.3 Å². The number of nitrogens with one attached hydrogen (secondary N) is 1. The van der Waals surface area contributed by atoms with Gasteiger partial charge in [0, 0.05) is 24.0 Å². The largest absolute Gasteiger partial charge is 0.342 e. The fourth-order valence-corrected chi connectivity index (χ4v) is 3.31. The minimum Gasteiger partial charge on any atom is -0.342 e. The number of carbonyl (C=O) groups is 1. The smallest absolute Gasteiger partial charge is 0.236 e. The highest BCUT2D eigenvalue weighted by molar-refractivity contribution is 7.11. The molecule has 2 heterocycles. The van der Waals surface area contributed by atoms with E-state index in [4.69, 9.17) is 0 Å². The van der Waals surface area contributed by atoms with E-state index in [0.717, 1.165) is 36.6 Å². The van der Waals surface area contributed by atoms with E-state index in [2.05, 4.69) is 17.2 Å². The lowest BCUT2D eigenvalue weighted by molar-refractivity contribution is -0.129. The molecular formula is C13H21N3OS. The Balaban J connectivity index is 1.86. The van der Waals surface area contributed by atoms with Crippen molar-refractivity contribution in [1.29, 1.82) is 0 Å². The standard InChI is InChI=1S/C13H21N3OS/c1-9(13-10(2)15-11(3)18-13)14-8-12(17)16-6-4-5-7-16/h9,14H,4-8H2,1-3H3. The third-order valence-corrected chi connectivity index (χ3v) is 4.61. The van der Waals surface area contributed by atoms with E-state index in [1.54, 1.807) is 11.3 Å². The summed E-state index contributed by atoms with van der Waals surface area (Å²) in [6.07, 6.45) is 2.29. The number of carbonyl (C=O) groups excluding carboxylic acids is 1. The Morgan fingerprint density at radius 3 is 2.67 bits per heavy atom. The van der Waals surface area contributed by atoms with Gasteiger partial charge in [0.25, 0.3) is 0 Å². The molecule has 5 heteroatoms. The molecule has 1 aliphatic heterocycles. The summed E-state index contributed by atoms with van der Waals surface area (Å²) in [5, 5.41) is 4.39. The molecule has 1 atom stereocenters. The first-order valence-electron chi connectivity index (χ1n) is 6.53. The van der Waals surface area contributed by atoms with E-state index < -0.39 is 0 Å². The van der Waals surface area contributed by atoms with Crippen LogP contribution in [0.25, 0.3) is 0 Å². The second kappa shape index (κ2) is 5.80. The minimum absolute atomic E-state index is 0.197. The molecule has 0 bridgehead atoms. The Hall–Kier alpha value is -0.940. The molecule has 2 rings (SSSR count). The van der Waals surface area contributed by atoms with Crippen LogP contribution in [0.15, 0.2) is 0 Å². The highest BCUT2D eigenvalue weighted by Gasteiger charge is 2.19. The Bertz CT molecular complexity index is 424. The van der Waals surface area contributed by atoms with Crippen LogP contribution in [-0.4, -0.2) is 35.4 Å². The molecule has 0 aliphatic carbocycles. The summed E-state index contributed by atoms with van der Waals surface area (Å²) >= 11 is 1.71. The number of aryl methyl sites for hydroxylation is 2. The van der Waals surface area contributed by atoms with Gasteiger partial charge >= 0.3 is 0 Å². The fraction of sp³-hybridized carbons (Fsp3) is 0.692. The molecule has 1 amide bonds. The molecule has 0 spiro atoms. The number of thiazole rings is 1. The fourth-order valence-electron chi connectivity index (χ4n) is 2.36. The number of hydrogen-bond donors (Lipinski definition) is 1. The van der Waals surface area contributed by atoms with Gasteiger partial charge in [-0.05, 0) is 33.6 Å². The van der Waals surface area contributed by atoms with E-state index in [9.17, 15) is 4.79 Å². The predicted octanol–water partition coefficient (Wildman–Crippen LogP) is 2.03. The second-order valence-corrected chi connectivity index (χ2v) is 6.11. The van der Waals surface area contributed by atoms with Crippen molar-refractivity contribution < 1.29 is 4.79 Å². The van der Waals surface area contributed by atoms with Gasteiger partial charge in [-0.3, -0.25) is 4.79 Å². The van der Waals surface area contributed by atoms with Crippen LogP contribution < -0.4 is 5.32 Å². The first kappa shape index (κ1) is 13.5. The average Bonchev–Trinajstić information content (AvgIpc) is 2.95. The highest BCUT2D eigenvalue weighted by Crippen LogP contribution is 2.24. The zero-order valence-electron chi connectivity index (χ0n) is 11.3. The van der Waals surface area contributed by atoms with Crippen LogP contribution in [-0.2, 0) is 4.79 Å². The van der Waals surface area contributed by atoms with Gasteiger partial charge in [0.2, 0.25) is 5.91 Å². The monoisotopic (exact) mass is 267 g/mol. The molecule has 4 nitrogen and oxygen atoms in total. The molecule has 1 saturated heterocycles. The van der Waals surface area contributed by atoms with Crippen LogP contribution in [0.1, 0.15) is 41.4 Å². The normalized spacial score (nSPS) is 17.2. The lowest BCUT2D eigenvalue weighted by Gasteiger charge is -2.18. The molecule has 0 radical (unpaired) electrons. The Morgan fingerprint density at radius 1 is 1.44 bits per heavy atom. The first-order chi connectivity index (χ1) is 8.58. The molecule has 1 fully saturated rings. The molecule has 0 aromatic carbocycles. The number of aromatic nitrogens is 1. The van der Waals surface area contributed by atoms with Crippen molar-refractivity contribution in [1.82, 2.24) is 15.2 Å². The van der Waals surface area contributed by atoms with Crippen LogP contribution in [0.5, 0.6) is 0 Å². The lowest BCUT2D eigenvalue weighted by Crippen LogP contribution is -2.37. The van der Waals surface area contributed by atoms with Crippen molar-refractivity contribution in [3.8, 4) is 0 Å². The minimum atomic E-state index is 0.197. The molecular weight excluding hydrogens is 246 g/mol. The molecule has 1 N–H and O–H groups in total. The summed E-state index contributed by atoms with van der Waals surface area (Å²) in [6, 6.07) is 0.197. The zero-order valence-corrected chi connectivity index (χ0v) is 12.1. The first-order valence-corrected chi connectivity index (χ1v) is 7.34. The predicted molar refractivity (Wildman–Crippen MR) is 73.8 cm³/mol. The molecule has 1 aromatic rings. The molecule has 100 valence electrons. The van der Waals surface area contributed by atoms with Crippen LogP contribution in [0.4, 0.5) is 0 Å². The quantitative estimate of drug-likeness (QED) is 0.908. The Morgan fingerprint density at radius 2 is 2.11 bits per heavy atom. The van der Waals surface area contributed by atoms with Crippen molar-refractivity contribution in [2.45, 2.75) is 39.7 Å². The van der Waals surface area contributed by atoms with Gasteiger partial charge in [0.1, 0.15) is 0 Å². The molecule has 18 heavy (non-hydrogen) atoms. The summed E-state index contributed by atoms with van der Waals surface area (Å²) < 4.78 is 0. The van der Waals surface area contributed by atoms with E-state index in [-0.39, 0.29) is 11.9 Å². The van der Waals surface area contributed by atoms with Crippen LogP contribution in [0, 0.1) is 13.8 Å². The van der Waals surface area contributed by atoms with Gasteiger partial charge in [0.15, 0.2) is 0 Å². The maximum Gasteiger partial charge on any atom is 0.236 e. The van der Waals surface area contributed by atoms with E-state index >= 15 is 0 Å². The molecule has 1 aromatic heterocycles. The van der Waals surface area contributed by atoms with E-state index in [0.29, 0.717) is 6.54 Å². The number of amides is 1. The van der Waals surface area contributed by atoms with Crippen molar-refractivity contribution in [2.75, 3.05) is 19.6 Å². The number of rotatable bonds is 4. The summed E-state index contributed by atoms with van der Waals surface area (Å²) in [4.78, 5) is 19.5. The number of nitrogens with zero attached hydrogens (tertiary/aromatic N) is 2. The van der Waals surface area contributed by atoms with Gasteiger partial charge < -0.3 is 10.2 Å². The maximum absolute atomic E-state index is 11.9. The van der Waals surface area contributed by atoms with Gasteiger partial charge in [-0.2, -0.15) is 0 Å². The number of hydrogen-bond acceptors (Lipinski definition) is 4. The lowest BCUT2D eigenvalue weighted by atomic mass is 10.2. The van der Waals surface area contributed by atoms with Crippen molar-refractivity contribution in [2.24, 2.45) is 0 Å². The van der Waals surface area contributed by atoms with Gasteiger partial charge in [-0.25, -0.2) is 4.98 Å². The van der Waals surface area contributed by atoms with Crippen molar-refractivity contribution in [3.05, 3.63) is 15.6 Å². The average molecular weight is 267 g/mol. The summed E-state index contributed by atoms with van der Waals surface area (Å²) in [7, 11) is 0. The summed E-state index contributed by atoms with van der Waals surface area (Å²) in [5.74, 6) is 0.221. The summed E-state index contributed by atoms with van der Waals surface area (Å²) in [5.41, 5.74) is 1.08. The van der Waals surface area contributed by atoms with E-state index in [1.165, 1.54) is 4.88 Å². The third-order valence-electron chi connectivity index (χ3n) is 3.35. The van der Waals surface area contributed by atoms with Gasteiger partial charge in [-0.15, -0.1) is 11.3 Å². The van der Waals surface area contributed by atoms with Gasteiger partial charge in [0.05, 0.1) is 17.2 Å². The molecule has 1 unspecified atom stereocenters. The second-order valence-electron chi connectivity index (χ2n) is 4.87. The number of likely N-dealkylation sites (tertiary alicyclic amines) is 1. The molecule has 1 aliphatic rings. The Kier molecular flexibility index (Phi) is 4.35.